The predicted molar refractivity (Wildman–Crippen MR) is 23.3 cm³/mol. The van der Waals surface area contributed by atoms with Gasteiger partial charge in [-0.1, -0.05) is 0 Å². The molecule has 0 aromatic heterocycles. The molecule has 0 saturated heterocycles. The molecular weight excluding hydrogens is 127 g/mol. The molecule has 0 aromatic rings. The van der Waals surface area contributed by atoms with E-state index in [9.17, 15) is 0 Å². The summed E-state index contributed by atoms with van der Waals surface area (Å²) in [5.41, 5.74) is 5.17. The molecule has 32 valence electrons. The number of hydrogen-bond acceptors (Lipinski definition) is 1. The van der Waals surface area contributed by atoms with E-state index in [1.54, 1.807) is 0 Å². The van der Waals surface area contributed by atoms with Crippen LogP contribution in [0.25, 0.3) is 0 Å². The van der Waals surface area contributed by atoms with Gasteiger partial charge in [-0.15, -0.1) is 6.04 Å². The van der Waals surface area contributed by atoms with Crippen LogP contribution in [0.15, 0.2) is 0 Å². The normalized spacial score (nSPS) is 26.5. The zero-order valence-corrected chi connectivity index (χ0v) is 7.11. The summed E-state index contributed by atoms with van der Waals surface area (Å²) in [5.74, 6) is 0. The Bertz CT molecular complexity index is 26.7. The van der Waals surface area contributed by atoms with Crippen LogP contribution >= 0.6 is 0 Å². The third-order valence-corrected chi connectivity index (χ3v) is 0.508. The number of rotatable bonds is 0. The van der Waals surface area contributed by atoms with Crippen molar-refractivity contribution in [3.63, 3.8) is 0 Å². The average Bonchev–Trinajstić information content (AvgIpc) is 1.75. The first-order valence-electron chi connectivity index (χ1n) is 1.48. The van der Waals surface area contributed by atoms with E-state index < -0.39 is 0 Å². The summed E-state index contributed by atoms with van der Waals surface area (Å²) in [6, 6.07) is 0.458. The molecule has 0 heterocycles. The molecule has 0 bridgehead atoms. The van der Waals surface area contributed by atoms with Gasteiger partial charge in [-0.05, 0) is 0 Å². The summed E-state index contributed by atoms with van der Waals surface area (Å²) in [6.07, 6.45) is 3.21. The van der Waals surface area contributed by atoms with Gasteiger partial charge in [0.1, 0.15) is 0 Å². The van der Waals surface area contributed by atoms with E-state index in [-0.39, 0.29) is 26.9 Å². The van der Waals surface area contributed by atoms with Gasteiger partial charge >= 0.3 is 19.5 Å². The molecule has 0 aliphatic heterocycles. The zero-order valence-electron chi connectivity index (χ0n) is 4.15. The Morgan fingerprint density at radius 3 is 1.83 bits per heavy atom. The van der Waals surface area contributed by atoms with Gasteiger partial charge in [0.15, 0.2) is 0 Å². The average molecular weight is 137 g/mol. The van der Waals surface area contributed by atoms with Crippen molar-refractivity contribution in [2.45, 2.75) is 12.5 Å². The molecule has 2 N–H and O–H groups in total. The van der Waals surface area contributed by atoms with Crippen molar-refractivity contribution in [3.8, 4) is 0 Å². The summed E-state index contributed by atoms with van der Waals surface area (Å²) in [6.45, 7) is 0. The van der Waals surface area contributed by atoms with E-state index >= 15 is 0 Å². The third-order valence-electron chi connectivity index (χ3n) is 0.508. The molecule has 1 aliphatic carbocycles. The second-order valence-electron chi connectivity index (χ2n) is 1.14. The molecule has 1 atom stereocenters. The molecule has 1 fully saturated rings. The third kappa shape index (κ3) is 4.58. The molecule has 1 nitrogen and oxygen atoms in total. The number of nitrogens with two attached hydrogens (primary N) is 1. The van der Waals surface area contributed by atoms with Crippen molar-refractivity contribution in [2.24, 2.45) is 5.73 Å². The Hall–Kier alpha value is 0.583. The molecule has 1 rings (SSSR count). The van der Waals surface area contributed by atoms with Crippen LogP contribution in [-0.4, -0.2) is 6.04 Å². The minimum Gasteiger partial charge on any atom is -0.359 e. The van der Waals surface area contributed by atoms with Crippen molar-refractivity contribution in [2.75, 3.05) is 0 Å². The Morgan fingerprint density at radius 1 is 1.67 bits per heavy atom. The fraction of sp³-hybridized carbons (Fsp3) is 0.500. The van der Waals surface area contributed by atoms with Gasteiger partial charge in [-0.3, -0.25) is 0 Å². The Labute approximate surface area is 52.1 Å². The second kappa shape index (κ2) is 3.76. The molecule has 0 radical (unpaired) electrons. The largest absolute Gasteiger partial charge is 2.00 e. The summed E-state index contributed by atoms with van der Waals surface area (Å²) in [4.78, 5) is 0. The van der Waals surface area contributed by atoms with Crippen molar-refractivity contribution in [1.82, 2.24) is 0 Å². The molecule has 6 heavy (non-hydrogen) atoms. The molecule has 0 aromatic carbocycles. The van der Waals surface area contributed by atoms with Crippen LogP contribution in [0.3, 0.4) is 0 Å². The van der Waals surface area contributed by atoms with Crippen molar-refractivity contribution < 1.29 is 19.5 Å². The first-order valence-corrected chi connectivity index (χ1v) is 1.48. The van der Waals surface area contributed by atoms with Gasteiger partial charge in [0.25, 0.3) is 0 Å². The van der Waals surface area contributed by atoms with E-state index in [1.807, 2.05) is 0 Å². The predicted octanol–water partition coefficient (Wildman–Crippen LogP) is 0.369. The quantitative estimate of drug-likeness (QED) is 0.378. The topological polar surface area (TPSA) is 26.0 Å². The summed E-state index contributed by atoms with van der Waals surface area (Å²) in [7, 11) is 0. The molecule has 1 saturated carbocycles. The molecule has 0 spiro atoms. The maximum absolute atomic E-state index is 5.17. The Balaban J connectivity index is 0. The van der Waals surface area contributed by atoms with Crippen LogP contribution in [0, 0.1) is 13.8 Å². The smallest absolute Gasteiger partial charge is 0.359 e. The van der Waals surface area contributed by atoms with Crippen LogP contribution in [0.1, 0.15) is 6.42 Å². The van der Waals surface area contributed by atoms with Crippen molar-refractivity contribution >= 4 is 0 Å². The van der Waals surface area contributed by atoms with Crippen LogP contribution in [0.5, 0.6) is 0 Å². The zero-order chi connectivity index (χ0) is 2.99. The molecule has 2 heteroatoms. The SMILES string of the molecule is NC1[CH-]C1.[CH3-].[Zn+2]. The van der Waals surface area contributed by atoms with E-state index in [2.05, 4.69) is 6.42 Å². The maximum atomic E-state index is 5.17. The fourth-order valence-corrected chi connectivity index (χ4v) is 0.0786. The van der Waals surface area contributed by atoms with Gasteiger partial charge in [0.05, 0.1) is 0 Å². The minimum atomic E-state index is 0. The van der Waals surface area contributed by atoms with Gasteiger partial charge in [-0.25, -0.2) is 0 Å². The van der Waals surface area contributed by atoms with Crippen LogP contribution in [0.2, 0.25) is 0 Å². The summed E-state index contributed by atoms with van der Waals surface area (Å²) < 4.78 is 0. The number of hydrogen-bond donors (Lipinski definition) is 1. The molecule has 1 unspecified atom stereocenters. The maximum Gasteiger partial charge on any atom is 2.00 e. The van der Waals surface area contributed by atoms with Crippen molar-refractivity contribution in [3.05, 3.63) is 13.8 Å². The van der Waals surface area contributed by atoms with E-state index in [0.717, 1.165) is 6.42 Å². The minimum absolute atomic E-state index is 0. The molecule has 1 aliphatic rings. The Kier molecular flexibility index (Phi) is 6.13. The standard InChI is InChI=1S/C3H6N.CH3.Zn/c4-3-1-2-3;;/h1,3H,2,4H2;1H3;/q2*-1;+2. The molecular formula is C4H9NZn. The van der Waals surface area contributed by atoms with Crippen LogP contribution in [0.4, 0.5) is 0 Å². The fourth-order valence-electron chi connectivity index (χ4n) is 0.0786. The van der Waals surface area contributed by atoms with Crippen LogP contribution < -0.4 is 5.73 Å². The van der Waals surface area contributed by atoms with Gasteiger partial charge in [0, 0.05) is 0 Å². The van der Waals surface area contributed by atoms with Gasteiger partial charge in [0.2, 0.25) is 0 Å². The first-order chi connectivity index (χ1) is 1.89. The van der Waals surface area contributed by atoms with Gasteiger partial charge in [-0.2, -0.15) is 6.42 Å². The summed E-state index contributed by atoms with van der Waals surface area (Å²) in [5, 5.41) is 0. The van der Waals surface area contributed by atoms with Crippen molar-refractivity contribution in [1.29, 1.82) is 0 Å². The van der Waals surface area contributed by atoms with E-state index in [4.69, 9.17) is 5.73 Å². The van der Waals surface area contributed by atoms with Crippen LogP contribution in [-0.2, 0) is 19.5 Å². The van der Waals surface area contributed by atoms with E-state index in [1.165, 1.54) is 0 Å². The van der Waals surface area contributed by atoms with E-state index in [0.29, 0.717) is 6.04 Å². The monoisotopic (exact) mass is 135 g/mol. The van der Waals surface area contributed by atoms with Gasteiger partial charge < -0.3 is 19.6 Å². The Morgan fingerprint density at radius 2 is 1.83 bits per heavy atom. The first kappa shape index (κ1) is 9.77. The molecule has 0 amide bonds. The summed E-state index contributed by atoms with van der Waals surface area (Å²) >= 11 is 0. The second-order valence-corrected chi connectivity index (χ2v) is 1.14.